The van der Waals surface area contributed by atoms with Crippen molar-refractivity contribution in [1.82, 2.24) is 9.88 Å². The van der Waals surface area contributed by atoms with E-state index in [0.717, 1.165) is 5.69 Å². The summed E-state index contributed by atoms with van der Waals surface area (Å²) < 4.78 is 0. The fourth-order valence-corrected chi connectivity index (χ4v) is 4.69. The first-order valence-corrected chi connectivity index (χ1v) is 8.95. The van der Waals surface area contributed by atoms with Crippen LogP contribution in [0.15, 0.2) is 26.9 Å². The summed E-state index contributed by atoms with van der Waals surface area (Å²) in [6.07, 6.45) is 1.03. The van der Waals surface area contributed by atoms with E-state index in [-0.39, 0.29) is 23.6 Å². The van der Waals surface area contributed by atoms with Gasteiger partial charge in [-0.05, 0) is 18.4 Å². The molecule has 3 rings (SSSR count). The highest BCUT2D eigenvalue weighted by Crippen LogP contribution is 2.50. The molecule has 6 nitrogen and oxygen atoms in total. The standard InChI is InChI=1S/C15H16N2O4S2/c1-7-11-10(8(2)18)14(19)17(11)12(15(20)21)13(7)23-4-3-9-5-22-6-16-9/h3-8,10-11,18H,1-2H3,(H,20,21)/t7-,8-,10-,11-/m1/s1. The summed E-state index contributed by atoms with van der Waals surface area (Å²) in [6, 6.07) is -0.274. The van der Waals surface area contributed by atoms with Gasteiger partial charge in [0.25, 0.3) is 0 Å². The van der Waals surface area contributed by atoms with Crippen molar-refractivity contribution in [2.24, 2.45) is 11.8 Å². The second kappa shape index (κ2) is 6.10. The van der Waals surface area contributed by atoms with Crippen LogP contribution in [-0.2, 0) is 9.59 Å². The fourth-order valence-electron chi connectivity index (χ4n) is 3.16. The zero-order valence-electron chi connectivity index (χ0n) is 12.5. The van der Waals surface area contributed by atoms with E-state index in [1.807, 2.05) is 18.4 Å². The number of carboxylic acid groups (broad SMARTS) is 1. The third-order valence-electron chi connectivity index (χ3n) is 4.20. The number of aliphatic carboxylic acids is 1. The lowest BCUT2D eigenvalue weighted by Gasteiger charge is -2.46. The Balaban J connectivity index is 1.85. The number of amides is 1. The molecule has 23 heavy (non-hydrogen) atoms. The molecule has 0 radical (unpaired) electrons. The molecule has 0 unspecified atom stereocenters. The van der Waals surface area contributed by atoms with Crippen molar-refractivity contribution in [3.8, 4) is 0 Å². The van der Waals surface area contributed by atoms with Crippen LogP contribution < -0.4 is 0 Å². The van der Waals surface area contributed by atoms with E-state index >= 15 is 0 Å². The maximum atomic E-state index is 12.2. The van der Waals surface area contributed by atoms with Crippen LogP contribution in [0.5, 0.6) is 0 Å². The van der Waals surface area contributed by atoms with Gasteiger partial charge in [0.05, 0.1) is 29.3 Å². The SMILES string of the molecule is C[C@@H](O)[C@H]1C(=O)N2C(C(=O)O)=C(SC=Cc3cscn3)[C@H](C)[C@H]12. The van der Waals surface area contributed by atoms with Crippen LogP contribution in [-0.4, -0.2) is 44.1 Å². The summed E-state index contributed by atoms with van der Waals surface area (Å²) in [5.41, 5.74) is 2.58. The Bertz CT molecular complexity index is 696. The molecule has 1 fully saturated rings. The Kier molecular flexibility index (Phi) is 4.31. The quantitative estimate of drug-likeness (QED) is 0.788. The molecule has 1 amide bonds. The largest absolute Gasteiger partial charge is 0.477 e. The molecule has 2 aliphatic rings. The molecule has 1 saturated heterocycles. The molecule has 1 aromatic rings. The highest BCUT2D eigenvalue weighted by atomic mass is 32.2. The van der Waals surface area contributed by atoms with Gasteiger partial charge in [-0.2, -0.15) is 0 Å². The fraction of sp³-hybridized carbons (Fsp3) is 0.400. The molecule has 4 atom stereocenters. The number of hydrogen-bond donors (Lipinski definition) is 2. The Morgan fingerprint density at radius 2 is 2.30 bits per heavy atom. The number of carboxylic acids is 1. The predicted octanol–water partition coefficient (Wildman–Crippen LogP) is 2.00. The van der Waals surface area contributed by atoms with Crippen LogP contribution in [0.2, 0.25) is 0 Å². The average Bonchev–Trinajstić information content (AvgIpc) is 3.05. The van der Waals surface area contributed by atoms with Crippen LogP contribution in [0.3, 0.4) is 0 Å². The van der Waals surface area contributed by atoms with Crippen molar-refractivity contribution in [3.05, 3.63) is 32.6 Å². The van der Waals surface area contributed by atoms with E-state index in [4.69, 9.17) is 0 Å². The van der Waals surface area contributed by atoms with Crippen LogP contribution in [0.25, 0.3) is 6.08 Å². The summed E-state index contributed by atoms with van der Waals surface area (Å²) in [5, 5.41) is 22.9. The second-order valence-electron chi connectivity index (χ2n) is 5.61. The number of thiazole rings is 1. The van der Waals surface area contributed by atoms with E-state index < -0.39 is 18.0 Å². The highest BCUT2D eigenvalue weighted by molar-refractivity contribution is 8.06. The number of carbonyl (C=O) groups excluding carboxylic acids is 1. The molecule has 0 saturated carbocycles. The van der Waals surface area contributed by atoms with Crippen molar-refractivity contribution in [2.45, 2.75) is 26.0 Å². The maximum absolute atomic E-state index is 12.2. The molecule has 2 aliphatic heterocycles. The average molecular weight is 352 g/mol. The monoisotopic (exact) mass is 352 g/mol. The number of β-lactam (4-membered cyclic amide) rings is 1. The Hall–Kier alpha value is -1.64. The highest BCUT2D eigenvalue weighted by Gasteiger charge is 2.59. The number of aliphatic hydroxyl groups excluding tert-OH is 1. The molecule has 3 heterocycles. The van der Waals surface area contributed by atoms with E-state index in [2.05, 4.69) is 4.98 Å². The number of rotatable bonds is 5. The third kappa shape index (κ3) is 2.60. The van der Waals surface area contributed by atoms with Gasteiger partial charge in [-0.3, -0.25) is 4.79 Å². The van der Waals surface area contributed by atoms with Crippen molar-refractivity contribution in [2.75, 3.05) is 0 Å². The lowest BCUT2D eigenvalue weighted by molar-refractivity contribution is -0.163. The van der Waals surface area contributed by atoms with Gasteiger partial charge in [0.15, 0.2) is 0 Å². The van der Waals surface area contributed by atoms with Crippen molar-refractivity contribution in [1.29, 1.82) is 0 Å². The van der Waals surface area contributed by atoms with E-state index in [0.29, 0.717) is 4.91 Å². The van der Waals surface area contributed by atoms with Crippen molar-refractivity contribution >= 4 is 41.1 Å². The van der Waals surface area contributed by atoms with Crippen LogP contribution in [0.1, 0.15) is 19.5 Å². The van der Waals surface area contributed by atoms with Crippen LogP contribution in [0.4, 0.5) is 0 Å². The van der Waals surface area contributed by atoms with Crippen molar-refractivity contribution in [3.63, 3.8) is 0 Å². The molecule has 0 aromatic carbocycles. The molecule has 1 aromatic heterocycles. The Morgan fingerprint density at radius 1 is 1.57 bits per heavy atom. The summed E-state index contributed by atoms with van der Waals surface area (Å²) in [4.78, 5) is 29.9. The minimum absolute atomic E-state index is 0.0392. The van der Waals surface area contributed by atoms with E-state index in [9.17, 15) is 19.8 Å². The molecule has 0 aliphatic carbocycles. The Labute approximate surface area is 141 Å². The zero-order chi connectivity index (χ0) is 16.7. The molecule has 122 valence electrons. The van der Waals surface area contributed by atoms with Gasteiger partial charge in [0.2, 0.25) is 5.91 Å². The number of carbonyl (C=O) groups is 2. The smallest absolute Gasteiger partial charge is 0.353 e. The third-order valence-corrected chi connectivity index (χ3v) is 5.89. The molecular weight excluding hydrogens is 336 g/mol. The van der Waals surface area contributed by atoms with Gasteiger partial charge < -0.3 is 15.1 Å². The zero-order valence-corrected chi connectivity index (χ0v) is 14.2. The first-order chi connectivity index (χ1) is 10.9. The summed E-state index contributed by atoms with van der Waals surface area (Å²) in [6.45, 7) is 3.47. The number of fused-ring (bicyclic) bond motifs is 1. The number of aromatic nitrogens is 1. The van der Waals surface area contributed by atoms with Crippen LogP contribution in [0, 0.1) is 11.8 Å². The first kappa shape index (κ1) is 16.2. The van der Waals surface area contributed by atoms with Crippen LogP contribution >= 0.6 is 23.1 Å². The number of thioether (sulfide) groups is 1. The minimum atomic E-state index is -1.11. The van der Waals surface area contributed by atoms with Gasteiger partial charge in [-0.25, -0.2) is 9.78 Å². The summed E-state index contributed by atoms with van der Waals surface area (Å²) >= 11 is 2.78. The van der Waals surface area contributed by atoms with Gasteiger partial charge in [0, 0.05) is 16.2 Å². The molecule has 0 spiro atoms. The number of hydrogen-bond acceptors (Lipinski definition) is 6. The van der Waals surface area contributed by atoms with E-state index in [1.54, 1.807) is 17.8 Å². The molecule has 0 bridgehead atoms. The predicted molar refractivity (Wildman–Crippen MR) is 88.4 cm³/mol. The Morgan fingerprint density at radius 3 is 2.87 bits per heavy atom. The lowest BCUT2D eigenvalue weighted by Crippen LogP contribution is -2.63. The van der Waals surface area contributed by atoms with Gasteiger partial charge in [0.1, 0.15) is 5.70 Å². The molecular formula is C15H16N2O4S2. The molecule has 8 heteroatoms. The summed E-state index contributed by atoms with van der Waals surface area (Å²) in [7, 11) is 0. The van der Waals surface area contributed by atoms with Gasteiger partial charge >= 0.3 is 5.97 Å². The normalized spacial score (nSPS) is 28.2. The van der Waals surface area contributed by atoms with Crippen molar-refractivity contribution < 1.29 is 19.8 Å². The summed E-state index contributed by atoms with van der Waals surface area (Å²) in [5.74, 6) is -2.07. The second-order valence-corrected chi connectivity index (χ2v) is 7.27. The number of nitrogens with zero attached hydrogens (tertiary/aromatic N) is 2. The number of aliphatic hydroxyl groups is 1. The first-order valence-electron chi connectivity index (χ1n) is 7.13. The maximum Gasteiger partial charge on any atom is 0.353 e. The minimum Gasteiger partial charge on any atom is -0.477 e. The molecule has 2 N–H and O–H groups in total. The lowest BCUT2D eigenvalue weighted by atomic mass is 9.79. The van der Waals surface area contributed by atoms with Gasteiger partial charge in [-0.15, -0.1) is 11.3 Å². The topological polar surface area (TPSA) is 90.7 Å². The van der Waals surface area contributed by atoms with E-state index in [1.165, 1.54) is 28.0 Å². The van der Waals surface area contributed by atoms with Gasteiger partial charge in [-0.1, -0.05) is 18.7 Å².